The van der Waals surface area contributed by atoms with E-state index in [2.05, 4.69) is 25.9 Å². The predicted molar refractivity (Wildman–Crippen MR) is 131 cm³/mol. The number of pyridine rings is 1. The summed E-state index contributed by atoms with van der Waals surface area (Å²) in [4.78, 5) is 21.2. The molecule has 0 aliphatic carbocycles. The first kappa shape index (κ1) is 22.9. The van der Waals surface area contributed by atoms with Crippen molar-refractivity contribution < 1.29 is 13.9 Å². The van der Waals surface area contributed by atoms with Gasteiger partial charge in [0.05, 0.1) is 26.1 Å². The van der Waals surface area contributed by atoms with Crippen molar-refractivity contribution in [1.82, 2.24) is 4.98 Å². The lowest BCUT2D eigenvalue weighted by Crippen LogP contribution is -1.93. The lowest BCUT2D eigenvalue weighted by atomic mass is 10.2. The van der Waals surface area contributed by atoms with E-state index in [4.69, 9.17) is 10.00 Å². The summed E-state index contributed by atoms with van der Waals surface area (Å²) in [6, 6.07) is 17.1. The molecule has 33 heavy (non-hydrogen) atoms. The normalized spacial score (nSPS) is 14.3. The zero-order valence-corrected chi connectivity index (χ0v) is 19.7. The molecule has 0 saturated heterocycles. The van der Waals surface area contributed by atoms with Crippen LogP contribution in [0.1, 0.15) is 29.7 Å². The first-order chi connectivity index (χ1) is 16.0. The molecule has 1 aliphatic rings. The Morgan fingerprint density at radius 2 is 1.97 bits per heavy atom. The van der Waals surface area contributed by atoms with E-state index in [1.54, 1.807) is 36.5 Å². The third-order valence-electron chi connectivity index (χ3n) is 4.75. The summed E-state index contributed by atoms with van der Waals surface area (Å²) in [5.41, 5.74) is 2.02. The van der Waals surface area contributed by atoms with Gasteiger partial charge in [0.1, 0.15) is 5.75 Å². The van der Waals surface area contributed by atoms with Crippen molar-refractivity contribution in [3.8, 4) is 17.6 Å². The van der Waals surface area contributed by atoms with Gasteiger partial charge in [-0.15, -0.1) is 0 Å². The number of benzene rings is 2. The first-order valence-corrected chi connectivity index (χ1v) is 11.7. The van der Waals surface area contributed by atoms with Gasteiger partial charge in [-0.05, 0) is 89.3 Å². The van der Waals surface area contributed by atoms with Crippen molar-refractivity contribution in [3.05, 3.63) is 92.8 Å². The van der Waals surface area contributed by atoms with Crippen LogP contribution in [0.4, 0.5) is 4.39 Å². The molecule has 0 N–H and O–H groups in total. The zero-order chi connectivity index (χ0) is 23.2. The van der Waals surface area contributed by atoms with Gasteiger partial charge in [0.15, 0.2) is 11.6 Å². The Morgan fingerprint density at radius 1 is 1.12 bits per heavy atom. The average molecular weight is 522 g/mol. The smallest absolute Gasteiger partial charge is 0.284 e. The molecule has 0 unspecified atom stereocenters. The maximum Gasteiger partial charge on any atom is 0.284 e. The molecule has 4 rings (SSSR count). The number of aryl methyl sites for hydroxylation is 1. The maximum absolute atomic E-state index is 14.6. The Bertz CT molecular complexity index is 1300. The summed E-state index contributed by atoms with van der Waals surface area (Å²) >= 11 is 4.64. The highest BCUT2D eigenvalue weighted by atomic mass is 79.9. The molecule has 1 amide bonds. The predicted octanol–water partition coefficient (Wildman–Crippen LogP) is 6.68. The van der Waals surface area contributed by atoms with Crippen LogP contribution >= 0.6 is 27.7 Å². The van der Waals surface area contributed by atoms with Crippen LogP contribution in [0.2, 0.25) is 0 Å². The second-order valence-electron chi connectivity index (χ2n) is 7.14. The number of halogens is 2. The number of hydrogen-bond acceptors (Lipinski definition) is 5. The molecule has 2 aromatic carbocycles. The van der Waals surface area contributed by atoms with E-state index >= 15 is 0 Å². The monoisotopic (exact) mass is 521 g/mol. The van der Waals surface area contributed by atoms with Crippen LogP contribution in [0.5, 0.6) is 11.5 Å². The van der Waals surface area contributed by atoms with E-state index in [0.29, 0.717) is 32.7 Å². The Kier molecular flexibility index (Phi) is 7.33. The fourth-order valence-corrected chi connectivity index (χ4v) is 4.56. The van der Waals surface area contributed by atoms with Crippen LogP contribution in [0.25, 0.3) is 6.08 Å². The highest BCUT2D eigenvalue weighted by Crippen LogP contribution is 2.34. The third-order valence-corrected chi connectivity index (χ3v) is 6.41. The fourth-order valence-electron chi connectivity index (χ4n) is 3.14. The number of ether oxygens (including phenoxy) is 1. The molecule has 1 aromatic heterocycles. The number of nitriles is 1. The lowest BCUT2D eigenvalue weighted by molar-refractivity contribution is -0.113. The number of thioether (sulfide) groups is 1. The van der Waals surface area contributed by atoms with E-state index < -0.39 is 5.82 Å². The minimum Gasteiger partial charge on any atom is -0.453 e. The topological polar surface area (TPSA) is 75.3 Å². The Morgan fingerprint density at radius 3 is 2.70 bits per heavy atom. The highest BCUT2D eigenvalue weighted by Gasteiger charge is 2.21. The lowest BCUT2D eigenvalue weighted by Gasteiger charge is -2.09. The van der Waals surface area contributed by atoms with E-state index in [1.165, 1.54) is 23.9 Å². The summed E-state index contributed by atoms with van der Waals surface area (Å²) in [5.74, 6) is -0.439. The fraction of sp³-hybridized carbons (Fsp3) is 0.120. The van der Waals surface area contributed by atoms with Crippen molar-refractivity contribution in [3.63, 3.8) is 0 Å². The van der Waals surface area contributed by atoms with Gasteiger partial charge in [-0.1, -0.05) is 23.9 Å². The number of hydrogen-bond donors (Lipinski definition) is 0. The van der Waals surface area contributed by atoms with E-state index in [1.807, 2.05) is 24.3 Å². The van der Waals surface area contributed by atoms with Gasteiger partial charge in [-0.2, -0.15) is 5.26 Å². The summed E-state index contributed by atoms with van der Waals surface area (Å²) in [6.07, 6.45) is 5.74. The van der Waals surface area contributed by atoms with Crippen LogP contribution < -0.4 is 4.74 Å². The van der Waals surface area contributed by atoms with Crippen LogP contribution in [0.15, 0.2) is 75.2 Å². The van der Waals surface area contributed by atoms with Crippen molar-refractivity contribution in [2.24, 2.45) is 4.99 Å². The molecule has 0 saturated carbocycles. The van der Waals surface area contributed by atoms with Gasteiger partial charge in [-0.25, -0.2) is 9.38 Å². The van der Waals surface area contributed by atoms with Gasteiger partial charge in [0, 0.05) is 11.9 Å². The van der Waals surface area contributed by atoms with Gasteiger partial charge in [0.2, 0.25) is 0 Å². The molecular weight excluding hydrogens is 505 g/mol. The first-order valence-electron chi connectivity index (χ1n) is 10.1. The van der Waals surface area contributed by atoms with Crippen LogP contribution in [-0.2, 0) is 11.2 Å². The molecule has 0 spiro atoms. The van der Waals surface area contributed by atoms with E-state index in [0.717, 1.165) is 23.6 Å². The molecule has 3 aromatic rings. The summed E-state index contributed by atoms with van der Waals surface area (Å²) < 4.78 is 20.8. The van der Waals surface area contributed by atoms with Gasteiger partial charge in [-0.3, -0.25) is 9.78 Å². The SMILES string of the molecule is N#Cc1ccc(Oc2ccc(/C=C3\SC(CCCc4ccccn4)=NC3=O)cc2F)c(Br)c1. The minimum atomic E-state index is -0.562. The van der Waals surface area contributed by atoms with E-state index in [9.17, 15) is 9.18 Å². The number of rotatable bonds is 7. The Labute approximate surface area is 203 Å². The molecule has 8 heteroatoms. The van der Waals surface area contributed by atoms with Gasteiger partial charge >= 0.3 is 0 Å². The average Bonchev–Trinajstić information content (AvgIpc) is 3.16. The van der Waals surface area contributed by atoms with Crippen molar-refractivity contribution in [2.45, 2.75) is 19.3 Å². The third kappa shape index (κ3) is 5.95. The second kappa shape index (κ2) is 10.6. The zero-order valence-electron chi connectivity index (χ0n) is 17.3. The number of carbonyl (C=O) groups is 1. The molecule has 0 radical (unpaired) electrons. The number of amides is 1. The number of nitrogens with zero attached hydrogens (tertiary/aromatic N) is 3. The minimum absolute atomic E-state index is 0.0411. The molecule has 0 bridgehead atoms. The molecule has 0 fully saturated rings. The maximum atomic E-state index is 14.6. The molecule has 2 heterocycles. The quantitative estimate of drug-likeness (QED) is 0.324. The van der Waals surface area contributed by atoms with Gasteiger partial charge < -0.3 is 4.74 Å². The van der Waals surface area contributed by atoms with Crippen LogP contribution in [-0.4, -0.2) is 15.9 Å². The highest BCUT2D eigenvalue weighted by molar-refractivity contribution is 9.10. The largest absolute Gasteiger partial charge is 0.453 e. The van der Waals surface area contributed by atoms with Crippen LogP contribution in [0, 0.1) is 17.1 Å². The molecule has 164 valence electrons. The molecule has 1 aliphatic heterocycles. The summed E-state index contributed by atoms with van der Waals surface area (Å²) in [6.45, 7) is 0. The van der Waals surface area contributed by atoms with Crippen molar-refractivity contribution >= 4 is 44.7 Å². The van der Waals surface area contributed by atoms with Crippen molar-refractivity contribution in [2.75, 3.05) is 0 Å². The summed E-state index contributed by atoms with van der Waals surface area (Å²) in [5, 5.41) is 9.70. The molecule has 5 nitrogen and oxygen atoms in total. The van der Waals surface area contributed by atoms with Gasteiger partial charge in [0.25, 0.3) is 5.91 Å². The molecule has 0 atom stereocenters. The standard InChI is InChI=1S/C25H17BrFN3O2S/c26-19-12-17(15-28)8-9-21(19)32-22-10-7-16(13-20(22)27)14-23-25(31)30-24(33-23)6-3-5-18-4-1-2-11-29-18/h1-2,4,7-14H,3,5-6H2/b23-14-. The van der Waals surface area contributed by atoms with Crippen LogP contribution in [0.3, 0.4) is 0 Å². The summed E-state index contributed by atoms with van der Waals surface area (Å²) in [7, 11) is 0. The number of aliphatic imine (C=N–C) groups is 1. The second-order valence-corrected chi connectivity index (χ2v) is 9.11. The Hall–Kier alpha value is -3.28. The Balaban J connectivity index is 1.38. The molecular formula is C25H17BrFN3O2S. The van der Waals surface area contributed by atoms with Crippen molar-refractivity contribution in [1.29, 1.82) is 5.26 Å². The number of aromatic nitrogens is 1. The number of carbonyl (C=O) groups excluding carboxylic acids is 1. The van der Waals surface area contributed by atoms with E-state index in [-0.39, 0.29) is 11.7 Å².